The molecule has 0 spiro atoms. The fourth-order valence-electron chi connectivity index (χ4n) is 24.3. The first-order valence-corrected chi connectivity index (χ1v) is 46.9. The molecule has 0 N–H and O–H groups in total. The Balaban J connectivity index is 0.000000107. The molecule has 6 bridgehead atoms. The van der Waals surface area contributed by atoms with Crippen LogP contribution in [0.15, 0.2) is 299 Å². The summed E-state index contributed by atoms with van der Waals surface area (Å²) < 4.78 is 26.2. The van der Waals surface area contributed by atoms with Gasteiger partial charge >= 0.3 is 0 Å². The number of rotatable bonds is 6. The van der Waals surface area contributed by atoms with E-state index in [2.05, 4.69) is 390 Å². The molecule has 0 fully saturated rings. The van der Waals surface area contributed by atoms with Crippen molar-refractivity contribution in [2.24, 2.45) is 21.1 Å². The summed E-state index contributed by atoms with van der Waals surface area (Å²) in [4.78, 5) is 14.2. The molecule has 133 heavy (non-hydrogen) atoms. The molecular formula is C124H101N6O3+3. The Bertz CT molecular complexity index is 8680. The molecular weight excluding hydrogens is 1620 g/mol. The summed E-state index contributed by atoms with van der Waals surface area (Å²) in [7, 11) is 6.38. The first-order valence-electron chi connectivity index (χ1n) is 46.9. The first kappa shape index (κ1) is 80.1. The highest BCUT2D eigenvalue weighted by atomic mass is 16.3. The molecule has 21 aromatic rings. The van der Waals surface area contributed by atoms with E-state index in [0.29, 0.717) is 17.1 Å². The Morgan fingerprint density at radius 2 is 0.489 bits per heavy atom. The molecule has 9 heteroatoms. The molecule has 9 heterocycles. The van der Waals surface area contributed by atoms with Gasteiger partial charge in [0.25, 0.3) is 0 Å². The number of pyridine rings is 6. The van der Waals surface area contributed by atoms with E-state index < -0.39 is 0 Å². The van der Waals surface area contributed by atoms with Crippen LogP contribution in [0.2, 0.25) is 0 Å². The monoisotopic (exact) mass is 1720 g/mol. The van der Waals surface area contributed by atoms with Crippen molar-refractivity contribution in [3.8, 4) is 67.2 Å². The quantitative estimate of drug-likeness (QED) is 0.154. The van der Waals surface area contributed by atoms with Crippen molar-refractivity contribution < 1.29 is 27.0 Å². The molecule has 4 atom stereocenters. The van der Waals surface area contributed by atoms with Gasteiger partial charge in [-0.2, -0.15) is 0 Å². The van der Waals surface area contributed by atoms with Gasteiger partial charge in [-0.25, -0.2) is 28.7 Å². The third-order valence-electron chi connectivity index (χ3n) is 31.0. The summed E-state index contributed by atoms with van der Waals surface area (Å²) >= 11 is 0. The van der Waals surface area contributed by atoms with Crippen LogP contribution in [0.4, 0.5) is 0 Å². The van der Waals surface area contributed by atoms with Gasteiger partial charge in [-0.15, -0.1) is 0 Å². The zero-order valence-electron chi connectivity index (χ0n) is 78.0. The third kappa shape index (κ3) is 12.1. The highest BCUT2D eigenvalue weighted by Gasteiger charge is 2.46. The van der Waals surface area contributed by atoms with Crippen LogP contribution in [0.1, 0.15) is 208 Å². The zero-order chi connectivity index (χ0) is 90.4. The standard InChI is InChI=1S/C42H35N2O.2C41H33N2O/c1-22-11-13-31-33(17-22)40-30-10-8-7-9-29(30)39(31)35-20-28(18-24(3)37(35)40)27-15-16-44(6)36(21-27)38-26(5)23(2)19-34-32-14-12-25(4)43-42(32)45-41(34)38;1-22-19-33-32-15-14-24(3)42-41(32)44-40(33)37(25(22)4)35-21-26(16-17-43(35)5)27-18-23(2)36-34(20-27)38-28-10-6-8-12-30(28)39(36)31-13-9-7-11-29(31)38;1-22-10-13-30-33(18-22)38-28-8-6-7-9-29(28)39(30)34-20-26(12-15-31(34)38)27-16-17-43(5)36(21-27)37-25(4)23(2)19-35-32-14-11-24(3)42-41(32)44-40(35)37/h7-21,39-40H,1-6H3;2*6-21,38-39H,1-5H3/q3*+1. The second-order valence-electron chi connectivity index (χ2n) is 39.0. The van der Waals surface area contributed by atoms with E-state index in [4.69, 9.17) is 28.2 Å². The molecule has 0 saturated carbocycles. The summed E-state index contributed by atoms with van der Waals surface area (Å²) in [6.07, 6.45) is 6.56. The summed E-state index contributed by atoms with van der Waals surface area (Å²) in [5, 5.41) is 6.55. The summed E-state index contributed by atoms with van der Waals surface area (Å²) in [6.45, 7) is 28.3. The smallest absolute Gasteiger partial charge is 0.227 e. The van der Waals surface area contributed by atoms with Crippen molar-refractivity contribution in [1.82, 2.24) is 15.0 Å². The molecule has 12 aromatic carbocycles. The van der Waals surface area contributed by atoms with Gasteiger partial charge in [0.2, 0.25) is 34.2 Å². The van der Waals surface area contributed by atoms with Crippen molar-refractivity contribution in [1.29, 1.82) is 0 Å². The van der Waals surface area contributed by atoms with Gasteiger partial charge < -0.3 is 13.3 Å². The van der Waals surface area contributed by atoms with E-state index in [1.165, 1.54) is 189 Å². The topological polar surface area (TPSA) is 89.7 Å². The van der Waals surface area contributed by atoms with E-state index in [1.54, 1.807) is 0 Å². The number of furan rings is 3. The highest BCUT2D eigenvalue weighted by molar-refractivity contribution is 6.12. The van der Waals surface area contributed by atoms with E-state index in [9.17, 15) is 0 Å². The fourth-order valence-corrected chi connectivity index (χ4v) is 24.3. The number of hydrogen-bond donors (Lipinski definition) is 0. The maximum Gasteiger partial charge on any atom is 0.227 e. The third-order valence-corrected chi connectivity index (χ3v) is 31.0. The van der Waals surface area contributed by atoms with Gasteiger partial charge in [-0.3, -0.25) is 0 Å². The molecule has 9 aromatic heterocycles. The van der Waals surface area contributed by atoms with E-state index in [-0.39, 0.29) is 35.5 Å². The molecule has 0 amide bonds. The van der Waals surface area contributed by atoms with Gasteiger partial charge in [0.1, 0.15) is 21.1 Å². The van der Waals surface area contributed by atoms with Crippen LogP contribution in [0, 0.1) is 90.0 Å². The molecule has 0 radical (unpaired) electrons. The molecule has 30 rings (SSSR count). The lowest BCUT2D eigenvalue weighted by atomic mass is 9.60. The first-order chi connectivity index (χ1) is 64.5. The maximum atomic E-state index is 6.53. The van der Waals surface area contributed by atoms with Crippen LogP contribution < -0.4 is 13.7 Å². The number of nitrogens with zero attached hydrogens (tertiary/aromatic N) is 6. The van der Waals surface area contributed by atoms with Gasteiger partial charge in [0, 0.05) is 121 Å². The highest BCUT2D eigenvalue weighted by Crippen LogP contribution is 2.61. The van der Waals surface area contributed by atoms with Crippen molar-refractivity contribution in [2.45, 2.75) is 126 Å². The largest absolute Gasteiger partial charge is 0.437 e. The molecule has 4 unspecified atom stereocenters. The number of aromatic nitrogens is 6. The lowest BCUT2D eigenvalue weighted by molar-refractivity contribution is -0.660. The van der Waals surface area contributed by atoms with Gasteiger partial charge in [-0.1, -0.05) is 169 Å². The van der Waals surface area contributed by atoms with Crippen molar-refractivity contribution in [3.63, 3.8) is 0 Å². The zero-order valence-corrected chi connectivity index (χ0v) is 78.0. The van der Waals surface area contributed by atoms with E-state index in [0.717, 1.165) is 99.9 Å². The van der Waals surface area contributed by atoms with Gasteiger partial charge in [0.05, 0.1) is 16.7 Å². The molecule has 642 valence electrons. The second kappa shape index (κ2) is 29.7. The molecule has 9 aliphatic rings. The van der Waals surface area contributed by atoms with Crippen LogP contribution >= 0.6 is 0 Å². The number of hydrogen-bond acceptors (Lipinski definition) is 6. The lowest BCUT2D eigenvalue weighted by Gasteiger charge is -2.43. The average Bonchev–Trinajstić information content (AvgIpc) is 1.47. The second-order valence-corrected chi connectivity index (χ2v) is 39.0. The molecule has 9 aliphatic carbocycles. The molecule has 0 saturated heterocycles. The Kier molecular flexibility index (Phi) is 17.9. The SMILES string of the molecule is Cc1ccc2c(c1)C1c3ccccc3C2c2cc(-c3cc[n+](C)c(-c4c(C)c(C)cc5c4oc4nc(C)ccc45)c3)cc(C)c21.Cc1ccc2c(c1)C1c3ccccc3C2c2cc(-c3cc[n+](C)c(-c4c(C)c(C)cc5c4oc4nc(C)ccc45)c3)ccc21.Cc1ccc2c(n1)oc1c(-c3cc(-c4cc(C)c5c(c4)C4c6ccccc6C5c5ccccc54)cc[n+]3C)c(C)c(C)cc12. The minimum atomic E-state index is 0.250. The Labute approximate surface area is 775 Å². The van der Waals surface area contributed by atoms with Gasteiger partial charge in [0.15, 0.2) is 35.3 Å². The molecule has 0 aliphatic heterocycles. The van der Waals surface area contributed by atoms with E-state index in [1.807, 2.05) is 20.8 Å². The van der Waals surface area contributed by atoms with Crippen molar-refractivity contribution in [2.75, 3.05) is 0 Å². The fraction of sp³-hybridized carbons (Fsp3) is 0.177. The summed E-state index contributed by atoms with van der Waals surface area (Å²) in [5.41, 5.74) is 61.0. The van der Waals surface area contributed by atoms with Crippen LogP contribution in [0.5, 0.6) is 0 Å². The number of fused-ring (bicyclic) bond motifs is 9. The average molecular weight is 1720 g/mol. The molecule has 9 nitrogen and oxygen atoms in total. The Morgan fingerprint density at radius 1 is 0.218 bits per heavy atom. The van der Waals surface area contributed by atoms with Crippen LogP contribution in [-0.4, -0.2) is 15.0 Å². The summed E-state index contributed by atoms with van der Waals surface area (Å²) in [5.74, 6) is 1.61. The number of aryl methyl sites for hydroxylation is 13. The maximum absolute atomic E-state index is 6.53. The van der Waals surface area contributed by atoms with Crippen LogP contribution in [0.3, 0.4) is 0 Å². The van der Waals surface area contributed by atoms with E-state index >= 15 is 0 Å². The lowest BCUT2D eigenvalue weighted by Crippen LogP contribution is -2.30. The Hall–Kier alpha value is -15.1. The minimum absolute atomic E-state index is 0.250. The predicted octanol–water partition coefficient (Wildman–Crippen LogP) is 28.4. The minimum Gasteiger partial charge on any atom is -0.437 e. The number of benzene rings is 12. The van der Waals surface area contributed by atoms with Gasteiger partial charge in [-0.05, 0) is 341 Å². The summed E-state index contributed by atoms with van der Waals surface area (Å²) in [6, 6.07) is 100. The van der Waals surface area contributed by atoms with Crippen LogP contribution in [0.25, 0.3) is 133 Å². The van der Waals surface area contributed by atoms with Crippen molar-refractivity contribution in [3.05, 3.63) is 458 Å². The predicted molar refractivity (Wildman–Crippen MR) is 537 cm³/mol. The normalized spacial score (nSPS) is 16.3. The van der Waals surface area contributed by atoms with Crippen molar-refractivity contribution >= 4 is 66.2 Å². The Morgan fingerprint density at radius 3 is 0.835 bits per heavy atom. The van der Waals surface area contributed by atoms with Crippen LogP contribution in [-0.2, 0) is 21.1 Å².